The molecule has 5 aliphatic carbocycles. The summed E-state index contributed by atoms with van der Waals surface area (Å²) in [7, 11) is 0. The first-order valence-corrected chi connectivity index (χ1v) is 12.1. The van der Waals surface area contributed by atoms with Crippen molar-refractivity contribution < 1.29 is 4.79 Å². The van der Waals surface area contributed by atoms with E-state index in [1.807, 2.05) is 0 Å². The van der Waals surface area contributed by atoms with Crippen molar-refractivity contribution in [3.8, 4) is 6.07 Å². The zero-order valence-electron chi connectivity index (χ0n) is 15.8. The topological polar surface area (TPSA) is 52.9 Å². The second-order valence-electron chi connectivity index (χ2n) is 9.72. The fraction of sp³-hybridized carbons (Fsp3) is 0.727. The average Bonchev–Trinajstić information content (AvgIpc) is 2.72. The van der Waals surface area contributed by atoms with E-state index < -0.39 is 0 Å². The SMILES string of the molecule is N#Cc1c(NC(=O)CC23CC4CC(CC(Br)(C4)C2)C3)sc2c1CCCCC2. The van der Waals surface area contributed by atoms with Crippen LogP contribution in [0.25, 0.3) is 0 Å². The first-order valence-electron chi connectivity index (χ1n) is 10.5. The molecule has 3 nitrogen and oxygen atoms in total. The summed E-state index contributed by atoms with van der Waals surface area (Å²) in [5, 5.41) is 13.7. The molecule has 27 heavy (non-hydrogen) atoms. The first kappa shape index (κ1) is 18.2. The fourth-order valence-corrected chi connectivity index (χ4v) is 9.77. The minimum absolute atomic E-state index is 0.126. The Morgan fingerprint density at radius 1 is 1.19 bits per heavy atom. The average molecular weight is 447 g/mol. The van der Waals surface area contributed by atoms with E-state index in [4.69, 9.17) is 0 Å². The Morgan fingerprint density at radius 3 is 2.63 bits per heavy atom. The van der Waals surface area contributed by atoms with E-state index in [0.717, 1.165) is 48.1 Å². The number of amides is 1. The van der Waals surface area contributed by atoms with Crippen LogP contribution in [0.15, 0.2) is 0 Å². The minimum atomic E-state index is 0.126. The van der Waals surface area contributed by atoms with Crippen molar-refractivity contribution in [2.45, 2.75) is 81.4 Å². The number of nitriles is 1. The van der Waals surface area contributed by atoms with E-state index in [1.165, 1.54) is 55.4 Å². The summed E-state index contributed by atoms with van der Waals surface area (Å²) in [6.45, 7) is 0. The van der Waals surface area contributed by atoms with Gasteiger partial charge < -0.3 is 5.32 Å². The lowest BCUT2D eigenvalue weighted by atomic mass is 9.48. The molecular weight excluding hydrogens is 420 g/mol. The van der Waals surface area contributed by atoms with Crippen molar-refractivity contribution in [3.05, 3.63) is 16.0 Å². The number of nitrogens with one attached hydrogen (secondary N) is 1. The second kappa shape index (κ2) is 6.59. The first-order chi connectivity index (χ1) is 13.0. The van der Waals surface area contributed by atoms with Crippen LogP contribution in [-0.4, -0.2) is 10.2 Å². The number of anilines is 1. The van der Waals surface area contributed by atoms with E-state index in [1.54, 1.807) is 11.3 Å². The van der Waals surface area contributed by atoms with Gasteiger partial charge in [-0.2, -0.15) is 5.26 Å². The molecule has 1 aromatic rings. The molecule has 5 heteroatoms. The Morgan fingerprint density at radius 2 is 1.93 bits per heavy atom. The summed E-state index contributed by atoms with van der Waals surface area (Å²) in [5.74, 6) is 1.72. The van der Waals surface area contributed by atoms with Gasteiger partial charge >= 0.3 is 0 Å². The summed E-state index contributed by atoms with van der Waals surface area (Å²) in [6.07, 6.45) is 13.8. The molecule has 0 radical (unpaired) electrons. The molecule has 1 N–H and O–H groups in total. The molecule has 0 spiro atoms. The maximum Gasteiger partial charge on any atom is 0.225 e. The Bertz CT molecular complexity index is 809. The third-order valence-corrected chi connectivity index (χ3v) is 9.57. The second-order valence-corrected chi connectivity index (χ2v) is 12.5. The van der Waals surface area contributed by atoms with Gasteiger partial charge in [0.05, 0.1) is 5.56 Å². The van der Waals surface area contributed by atoms with Gasteiger partial charge in [0.2, 0.25) is 5.91 Å². The smallest absolute Gasteiger partial charge is 0.225 e. The zero-order chi connectivity index (χ0) is 18.6. The molecular formula is C22H27BrN2OS. The number of alkyl halides is 1. The number of carbonyl (C=O) groups is 1. The molecule has 2 atom stereocenters. The van der Waals surface area contributed by atoms with Crippen LogP contribution in [0.1, 0.15) is 80.2 Å². The number of hydrogen-bond acceptors (Lipinski definition) is 3. The van der Waals surface area contributed by atoms with E-state index in [0.29, 0.717) is 6.42 Å². The number of fused-ring (bicyclic) bond motifs is 1. The summed E-state index contributed by atoms with van der Waals surface area (Å²) in [5.41, 5.74) is 2.14. The number of nitrogens with zero attached hydrogens (tertiary/aromatic N) is 1. The number of carbonyl (C=O) groups excluding carboxylic acids is 1. The molecule has 5 aliphatic rings. The van der Waals surface area contributed by atoms with E-state index >= 15 is 0 Å². The highest BCUT2D eigenvalue weighted by molar-refractivity contribution is 9.10. The molecule has 4 bridgehead atoms. The normalized spacial score (nSPS) is 36.7. The highest BCUT2D eigenvalue weighted by Crippen LogP contribution is 2.65. The van der Waals surface area contributed by atoms with Crippen LogP contribution in [0.2, 0.25) is 0 Å². The Balaban J connectivity index is 1.34. The van der Waals surface area contributed by atoms with Crippen molar-refractivity contribution in [1.29, 1.82) is 5.26 Å². The summed E-state index contributed by atoms with van der Waals surface area (Å²) in [4.78, 5) is 14.3. The van der Waals surface area contributed by atoms with Crippen molar-refractivity contribution >= 4 is 38.2 Å². The van der Waals surface area contributed by atoms with Gasteiger partial charge in [-0.25, -0.2) is 0 Å². The molecule has 4 fully saturated rings. The number of rotatable bonds is 3. The Hall–Kier alpha value is -0.860. The molecule has 0 saturated heterocycles. The van der Waals surface area contributed by atoms with Crippen molar-refractivity contribution in [2.75, 3.05) is 5.32 Å². The van der Waals surface area contributed by atoms with Crippen LogP contribution in [0.5, 0.6) is 0 Å². The van der Waals surface area contributed by atoms with Crippen LogP contribution >= 0.6 is 27.3 Å². The molecule has 0 aliphatic heterocycles. The molecule has 4 saturated carbocycles. The third kappa shape index (κ3) is 3.27. The van der Waals surface area contributed by atoms with Crippen LogP contribution in [-0.2, 0) is 17.6 Å². The summed E-state index contributed by atoms with van der Waals surface area (Å²) >= 11 is 5.70. The summed E-state index contributed by atoms with van der Waals surface area (Å²) < 4.78 is 0.287. The minimum Gasteiger partial charge on any atom is -0.317 e. The van der Waals surface area contributed by atoms with Crippen molar-refractivity contribution in [1.82, 2.24) is 0 Å². The van der Waals surface area contributed by atoms with Gasteiger partial charge in [-0.15, -0.1) is 11.3 Å². The van der Waals surface area contributed by atoms with Crippen LogP contribution < -0.4 is 5.32 Å². The van der Waals surface area contributed by atoms with E-state index in [9.17, 15) is 10.1 Å². The third-order valence-electron chi connectivity index (χ3n) is 7.43. The van der Waals surface area contributed by atoms with Gasteiger partial charge in [0, 0.05) is 15.6 Å². The van der Waals surface area contributed by atoms with Gasteiger partial charge in [-0.1, -0.05) is 22.4 Å². The highest BCUT2D eigenvalue weighted by Gasteiger charge is 2.57. The fourth-order valence-electron chi connectivity index (χ4n) is 7.00. The molecule has 0 aromatic carbocycles. The Labute approximate surface area is 174 Å². The van der Waals surface area contributed by atoms with E-state index in [-0.39, 0.29) is 15.6 Å². The lowest BCUT2D eigenvalue weighted by Crippen LogP contribution is -2.53. The van der Waals surface area contributed by atoms with Crippen molar-refractivity contribution in [2.24, 2.45) is 17.3 Å². The number of thiophene rings is 1. The number of hydrogen-bond donors (Lipinski definition) is 1. The molecule has 1 aromatic heterocycles. The molecule has 6 rings (SSSR count). The quantitative estimate of drug-likeness (QED) is 0.460. The zero-order valence-corrected chi connectivity index (χ0v) is 18.2. The number of halogens is 1. The van der Waals surface area contributed by atoms with Crippen LogP contribution in [0.4, 0.5) is 5.00 Å². The van der Waals surface area contributed by atoms with Crippen molar-refractivity contribution in [3.63, 3.8) is 0 Å². The highest BCUT2D eigenvalue weighted by atomic mass is 79.9. The monoisotopic (exact) mass is 446 g/mol. The molecule has 2 unspecified atom stereocenters. The molecule has 1 amide bonds. The lowest BCUT2D eigenvalue weighted by molar-refractivity contribution is -0.123. The maximum atomic E-state index is 13.0. The lowest BCUT2D eigenvalue weighted by Gasteiger charge is -2.60. The summed E-state index contributed by atoms with van der Waals surface area (Å²) in [6, 6.07) is 2.39. The standard InChI is InChI=1S/C22H27BrN2OS/c23-22-9-14-6-15(10-22)8-21(7-14,13-22)11-19(26)25-20-17(12-24)16-4-2-1-3-5-18(16)27-20/h14-15H,1-11,13H2,(H,25,26). The van der Waals surface area contributed by atoms with Gasteiger partial charge in [0.25, 0.3) is 0 Å². The van der Waals surface area contributed by atoms with Crippen LogP contribution in [0, 0.1) is 28.6 Å². The predicted octanol–water partition coefficient (Wildman–Crippen LogP) is 5.95. The molecule has 144 valence electrons. The molecule has 1 heterocycles. The van der Waals surface area contributed by atoms with Crippen LogP contribution in [0.3, 0.4) is 0 Å². The Kier molecular flexibility index (Phi) is 4.44. The van der Waals surface area contributed by atoms with Gasteiger partial charge in [0.15, 0.2) is 0 Å². The van der Waals surface area contributed by atoms with Gasteiger partial charge in [-0.3, -0.25) is 4.79 Å². The number of aryl methyl sites for hydroxylation is 1. The predicted molar refractivity (Wildman–Crippen MR) is 112 cm³/mol. The van der Waals surface area contributed by atoms with Gasteiger partial charge in [-0.05, 0) is 87.0 Å². The maximum absolute atomic E-state index is 13.0. The largest absolute Gasteiger partial charge is 0.317 e. The van der Waals surface area contributed by atoms with E-state index in [2.05, 4.69) is 27.3 Å². The van der Waals surface area contributed by atoms with Gasteiger partial charge in [0.1, 0.15) is 11.1 Å².